The van der Waals surface area contributed by atoms with E-state index in [4.69, 9.17) is 0 Å². The smallest absolute Gasteiger partial charge is 0.293 e. The topological polar surface area (TPSA) is 63.1 Å². The Balaban J connectivity index is 1.76. The molecule has 1 aliphatic rings. The minimum atomic E-state index is -0.327. The molecule has 1 amide bonds. The minimum absolute atomic E-state index is 0.0467. The van der Waals surface area contributed by atoms with Gasteiger partial charge in [0.05, 0.1) is 5.69 Å². The van der Waals surface area contributed by atoms with Gasteiger partial charge in [-0.15, -0.1) is 5.10 Å². The second-order valence-corrected chi connectivity index (χ2v) is 7.58. The fraction of sp³-hybridized carbons (Fsp3) is 0.318. The molecular weight excluding hydrogens is 369 g/mol. The van der Waals surface area contributed by atoms with Crippen molar-refractivity contribution < 1.29 is 9.18 Å². The second-order valence-electron chi connectivity index (χ2n) is 7.58. The molecule has 7 heteroatoms. The molecular formula is C22H24FN5O. The van der Waals surface area contributed by atoms with E-state index in [2.05, 4.69) is 22.3 Å². The normalized spacial score (nSPS) is 19.8. The number of nitrogens with one attached hydrogen (secondary N) is 1. The molecule has 6 nitrogen and oxygen atoms in total. The maximum atomic E-state index is 13.4. The van der Waals surface area contributed by atoms with E-state index >= 15 is 0 Å². The molecule has 2 unspecified atom stereocenters. The number of rotatable bonds is 3. The van der Waals surface area contributed by atoms with E-state index in [1.807, 2.05) is 42.2 Å². The zero-order chi connectivity index (χ0) is 20.4. The first-order valence-electron chi connectivity index (χ1n) is 9.83. The number of nitrogens with zero attached hydrogens (tertiary/aromatic N) is 4. The van der Waals surface area contributed by atoms with Gasteiger partial charge >= 0.3 is 0 Å². The van der Waals surface area contributed by atoms with Gasteiger partial charge in [-0.1, -0.05) is 37.3 Å². The number of benzene rings is 2. The molecule has 2 aromatic carbocycles. The Bertz CT molecular complexity index is 986. The van der Waals surface area contributed by atoms with Crippen LogP contribution in [0.1, 0.15) is 24.5 Å². The van der Waals surface area contributed by atoms with Crippen LogP contribution in [-0.2, 0) is 0 Å². The van der Waals surface area contributed by atoms with Gasteiger partial charge in [-0.05, 0) is 43.7 Å². The summed E-state index contributed by atoms with van der Waals surface area (Å²) in [4.78, 5) is 19.7. The Morgan fingerprint density at radius 1 is 1.07 bits per heavy atom. The van der Waals surface area contributed by atoms with E-state index in [0.717, 1.165) is 18.7 Å². The van der Waals surface area contributed by atoms with Crippen LogP contribution in [-0.4, -0.2) is 51.2 Å². The first-order chi connectivity index (χ1) is 14.0. The van der Waals surface area contributed by atoms with E-state index in [9.17, 15) is 9.18 Å². The second kappa shape index (κ2) is 8.13. The maximum absolute atomic E-state index is 13.4. The predicted octanol–water partition coefficient (Wildman–Crippen LogP) is 3.14. The summed E-state index contributed by atoms with van der Waals surface area (Å²) in [5.74, 6) is 0.525. The highest BCUT2D eigenvalue weighted by atomic mass is 19.1. The number of hydrogen-bond acceptors (Lipinski definition) is 4. The highest BCUT2D eigenvalue weighted by Gasteiger charge is 2.29. The van der Waals surface area contributed by atoms with Crippen molar-refractivity contribution in [1.82, 2.24) is 25.0 Å². The molecule has 2 heterocycles. The van der Waals surface area contributed by atoms with E-state index in [1.54, 1.807) is 16.8 Å². The highest BCUT2D eigenvalue weighted by Crippen LogP contribution is 2.22. The third-order valence-corrected chi connectivity index (χ3v) is 5.14. The lowest BCUT2D eigenvalue weighted by Crippen LogP contribution is -2.42. The number of amides is 1. The van der Waals surface area contributed by atoms with Gasteiger partial charge in [-0.25, -0.2) is 14.1 Å². The fourth-order valence-corrected chi connectivity index (χ4v) is 3.58. The number of carbonyl (C=O) groups excluding carboxylic acids is 1. The number of aromatic nitrogens is 3. The van der Waals surface area contributed by atoms with Crippen LogP contribution in [0, 0.1) is 11.7 Å². The Morgan fingerprint density at radius 3 is 2.52 bits per heavy atom. The van der Waals surface area contributed by atoms with Gasteiger partial charge < -0.3 is 10.2 Å². The third kappa shape index (κ3) is 4.05. The first-order valence-corrected chi connectivity index (χ1v) is 9.83. The summed E-state index contributed by atoms with van der Waals surface area (Å²) in [7, 11) is 0. The monoisotopic (exact) mass is 393 g/mol. The van der Waals surface area contributed by atoms with Crippen LogP contribution in [0.25, 0.3) is 17.1 Å². The lowest BCUT2D eigenvalue weighted by molar-refractivity contribution is 0.0675. The number of halogens is 1. The quantitative estimate of drug-likeness (QED) is 0.743. The molecule has 0 bridgehead atoms. The van der Waals surface area contributed by atoms with Crippen molar-refractivity contribution in [3.8, 4) is 17.1 Å². The molecule has 0 saturated carbocycles. The van der Waals surface area contributed by atoms with Gasteiger partial charge in [-0.2, -0.15) is 0 Å². The van der Waals surface area contributed by atoms with Crippen molar-refractivity contribution in [1.29, 1.82) is 0 Å². The fourth-order valence-electron chi connectivity index (χ4n) is 3.58. The molecule has 2 atom stereocenters. The van der Waals surface area contributed by atoms with Crippen molar-refractivity contribution in [3.05, 3.63) is 66.2 Å². The molecule has 1 aliphatic heterocycles. The Morgan fingerprint density at radius 2 is 1.79 bits per heavy atom. The summed E-state index contributed by atoms with van der Waals surface area (Å²) in [5, 5.41) is 7.90. The van der Waals surface area contributed by atoms with E-state index in [-0.39, 0.29) is 23.6 Å². The highest BCUT2D eigenvalue weighted by molar-refractivity contribution is 5.91. The minimum Gasteiger partial charge on any atom is -0.332 e. The standard InChI is InChI=1S/C22H24FN5O/c1-15-12-24-13-16(2)27(14-15)22(29)20-25-21(17-6-4-3-5-7-17)28(26-20)19-10-8-18(23)9-11-19/h3-11,15-16,24H,12-14H2,1-2H3. The molecule has 1 N–H and O–H groups in total. The van der Waals surface area contributed by atoms with Gasteiger partial charge in [0.2, 0.25) is 5.82 Å². The van der Waals surface area contributed by atoms with E-state index < -0.39 is 0 Å². The number of carbonyl (C=O) groups is 1. The van der Waals surface area contributed by atoms with Gasteiger partial charge in [-0.3, -0.25) is 4.79 Å². The largest absolute Gasteiger partial charge is 0.332 e. The molecule has 150 valence electrons. The molecule has 3 aromatic rings. The molecule has 1 fully saturated rings. The van der Waals surface area contributed by atoms with Gasteiger partial charge in [0, 0.05) is 24.7 Å². The van der Waals surface area contributed by atoms with Crippen LogP contribution in [0.4, 0.5) is 4.39 Å². The van der Waals surface area contributed by atoms with E-state index in [1.165, 1.54) is 12.1 Å². The van der Waals surface area contributed by atoms with Crippen molar-refractivity contribution in [3.63, 3.8) is 0 Å². The summed E-state index contributed by atoms with van der Waals surface area (Å²) in [5.41, 5.74) is 1.48. The van der Waals surface area contributed by atoms with Crippen molar-refractivity contribution >= 4 is 5.91 Å². The lowest BCUT2D eigenvalue weighted by Gasteiger charge is -2.26. The van der Waals surface area contributed by atoms with Crippen LogP contribution >= 0.6 is 0 Å². The maximum Gasteiger partial charge on any atom is 0.293 e. The predicted molar refractivity (Wildman–Crippen MR) is 109 cm³/mol. The molecule has 4 rings (SSSR count). The van der Waals surface area contributed by atoms with Gasteiger partial charge in [0.15, 0.2) is 5.82 Å². The van der Waals surface area contributed by atoms with Crippen molar-refractivity contribution in [2.24, 2.45) is 5.92 Å². The summed E-state index contributed by atoms with van der Waals surface area (Å²) < 4.78 is 15.0. The molecule has 1 saturated heterocycles. The molecule has 0 aliphatic carbocycles. The number of hydrogen-bond donors (Lipinski definition) is 1. The van der Waals surface area contributed by atoms with E-state index in [0.29, 0.717) is 24.0 Å². The molecule has 29 heavy (non-hydrogen) atoms. The molecule has 0 radical (unpaired) electrons. The van der Waals surface area contributed by atoms with Crippen LogP contribution in [0.15, 0.2) is 54.6 Å². The Hall–Kier alpha value is -3.06. The lowest BCUT2D eigenvalue weighted by atomic mass is 10.1. The summed E-state index contributed by atoms with van der Waals surface area (Å²) in [6, 6.07) is 15.6. The van der Waals surface area contributed by atoms with Gasteiger partial charge in [0.25, 0.3) is 5.91 Å². The summed E-state index contributed by atoms with van der Waals surface area (Å²) in [6.07, 6.45) is 0. The molecule has 0 spiro atoms. The average molecular weight is 393 g/mol. The van der Waals surface area contributed by atoms with Crippen LogP contribution < -0.4 is 5.32 Å². The third-order valence-electron chi connectivity index (χ3n) is 5.14. The Labute approximate surface area is 169 Å². The SMILES string of the molecule is CC1CNCC(C)N(C(=O)c2nc(-c3ccccc3)n(-c3ccc(F)cc3)n2)C1. The van der Waals surface area contributed by atoms with Crippen LogP contribution in [0.5, 0.6) is 0 Å². The summed E-state index contributed by atoms with van der Waals surface area (Å²) in [6.45, 7) is 6.41. The zero-order valence-electron chi connectivity index (χ0n) is 16.5. The summed E-state index contributed by atoms with van der Waals surface area (Å²) >= 11 is 0. The van der Waals surface area contributed by atoms with Crippen LogP contribution in [0.2, 0.25) is 0 Å². The Kier molecular flexibility index (Phi) is 5.40. The zero-order valence-corrected chi connectivity index (χ0v) is 16.5. The van der Waals surface area contributed by atoms with Gasteiger partial charge in [0.1, 0.15) is 5.82 Å². The van der Waals surface area contributed by atoms with Crippen molar-refractivity contribution in [2.75, 3.05) is 19.6 Å². The van der Waals surface area contributed by atoms with Crippen molar-refractivity contribution in [2.45, 2.75) is 19.9 Å². The van der Waals surface area contributed by atoms with Crippen LogP contribution in [0.3, 0.4) is 0 Å². The first kappa shape index (κ1) is 19.3. The molecule has 1 aromatic heterocycles. The average Bonchev–Trinajstić information content (AvgIpc) is 3.10.